The molecule has 0 radical (unpaired) electrons. The second kappa shape index (κ2) is 13.2. The van der Waals surface area contributed by atoms with Gasteiger partial charge in [-0.2, -0.15) is 0 Å². The maximum absolute atomic E-state index is 12.9. The number of amides is 1. The molecule has 1 aliphatic rings. The van der Waals surface area contributed by atoms with E-state index in [9.17, 15) is 4.79 Å². The molecule has 0 saturated carbocycles. The van der Waals surface area contributed by atoms with Gasteiger partial charge in [-0.25, -0.2) is 0 Å². The van der Waals surface area contributed by atoms with Crippen molar-refractivity contribution >= 4 is 17.9 Å². The van der Waals surface area contributed by atoms with Gasteiger partial charge in [-0.1, -0.05) is 63.2 Å². The van der Waals surface area contributed by atoms with Crippen LogP contribution in [0.5, 0.6) is 11.5 Å². The lowest BCUT2D eigenvalue weighted by atomic mass is 9.87. The first kappa shape index (κ1) is 26.6. The highest BCUT2D eigenvalue weighted by Gasteiger charge is 2.31. The molecule has 1 N–H and O–H groups in total. The van der Waals surface area contributed by atoms with Crippen molar-refractivity contribution in [3.63, 3.8) is 0 Å². The van der Waals surface area contributed by atoms with Crippen LogP contribution in [0.3, 0.4) is 0 Å². The Morgan fingerprint density at radius 2 is 1.66 bits per heavy atom. The van der Waals surface area contributed by atoms with E-state index in [0.29, 0.717) is 12.3 Å². The van der Waals surface area contributed by atoms with Crippen LogP contribution in [0.25, 0.3) is 0 Å². The Morgan fingerprint density at radius 1 is 1.00 bits per heavy atom. The summed E-state index contributed by atoms with van der Waals surface area (Å²) in [5.41, 5.74) is 4.82. The Balaban J connectivity index is 0.00000167. The van der Waals surface area contributed by atoms with E-state index >= 15 is 0 Å². The molecular weight excluding hydrogens is 456 g/mol. The number of carbonyl (C=O) groups excluding carboxylic acids is 1. The number of benzene rings is 3. The van der Waals surface area contributed by atoms with Crippen LogP contribution in [0.1, 0.15) is 49.1 Å². The minimum atomic E-state index is -0.0330. The number of rotatable bonds is 8. The van der Waals surface area contributed by atoms with Gasteiger partial charge < -0.3 is 9.47 Å². The number of nitrogens with one attached hydrogen (secondary N) is 1. The first-order chi connectivity index (χ1) is 17.1. The fraction of sp³-hybridized carbons (Fsp3) is 0.345. The zero-order valence-electron chi connectivity index (χ0n) is 21.3. The number of aryl methyl sites for hydroxylation is 1. The number of fused-ring (bicyclic) bond motifs is 1. The van der Waals surface area contributed by atoms with Crippen molar-refractivity contribution < 1.29 is 14.3 Å². The van der Waals surface area contributed by atoms with Crippen LogP contribution in [0.2, 0.25) is 0 Å². The largest absolute Gasteiger partial charge is 0.493 e. The lowest BCUT2D eigenvalue weighted by molar-refractivity contribution is -0.120. The third-order valence-electron chi connectivity index (χ3n) is 6.05. The molecule has 0 aromatic heterocycles. The van der Waals surface area contributed by atoms with Crippen LogP contribution in [0.15, 0.2) is 71.6 Å². The monoisotopic (exact) mass is 492 g/mol. The maximum Gasteiger partial charge on any atom is 0.244 e. The summed E-state index contributed by atoms with van der Waals surface area (Å²) in [5.74, 6) is 1.43. The van der Waals surface area contributed by atoms with Gasteiger partial charge in [0.2, 0.25) is 5.91 Å². The molecule has 6 heteroatoms. The normalized spacial score (nSPS) is 14.8. The summed E-state index contributed by atoms with van der Waals surface area (Å²) in [6, 6.07) is 22.7. The molecule has 0 aliphatic carbocycles. The molecule has 1 atom stereocenters. The molecule has 0 spiro atoms. The van der Waals surface area contributed by atoms with Gasteiger partial charge >= 0.3 is 0 Å². The average Bonchev–Trinajstić information content (AvgIpc) is 2.92. The molecule has 3 aromatic rings. The van der Waals surface area contributed by atoms with Crippen LogP contribution in [0.4, 0.5) is 0 Å². The Hall–Kier alpha value is -2.96. The van der Waals surface area contributed by atoms with Gasteiger partial charge in [-0.05, 0) is 71.3 Å². The highest BCUT2D eigenvalue weighted by Crippen LogP contribution is 2.40. The number of ether oxygens (including phenoxy) is 2. The molecule has 1 amide bonds. The lowest BCUT2D eigenvalue weighted by Gasteiger charge is -2.37. The Kier molecular flexibility index (Phi) is 10.1. The number of nitrogens with zero attached hydrogens (tertiary/aromatic N) is 1. The summed E-state index contributed by atoms with van der Waals surface area (Å²) in [6.07, 6.45) is 1.85. The Morgan fingerprint density at radius 3 is 2.29 bits per heavy atom. The topological polar surface area (TPSA) is 50.8 Å². The van der Waals surface area contributed by atoms with Crippen LogP contribution in [0, 0.1) is 0 Å². The second-order valence-corrected chi connectivity index (χ2v) is 8.94. The second-order valence-electron chi connectivity index (χ2n) is 8.06. The van der Waals surface area contributed by atoms with E-state index in [1.54, 1.807) is 14.2 Å². The lowest BCUT2D eigenvalue weighted by Crippen LogP contribution is -2.41. The van der Waals surface area contributed by atoms with Gasteiger partial charge in [0.25, 0.3) is 0 Å². The highest BCUT2D eigenvalue weighted by atomic mass is 32.2. The van der Waals surface area contributed by atoms with Crippen molar-refractivity contribution in [2.24, 2.45) is 0 Å². The summed E-state index contributed by atoms with van der Waals surface area (Å²) in [4.78, 5) is 16.2. The molecule has 1 heterocycles. The van der Waals surface area contributed by atoms with E-state index in [1.807, 2.05) is 44.2 Å². The molecule has 0 bridgehead atoms. The maximum atomic E-state index is 12.9. The molecule has 0 fully saturated rings. The van der Waals surface area contributed by atoms with Gasteiger partial charge in [0.15, 0.2) is 11.5 Å². The van der Waals surface area contributed by atoms with Gasteiger partial charge in [0, 0.05) is 11.4 Å². The minimum Gasteiger partial charge on any atom is -0.493 e. The third kappa shape index (κ3) is 6.59. The van der Waals surface area contributed by atoms with Gasteiger partial charge in [-0.3, -0.25) is 14.4 Å². The summed E-state index contributed by atoms with van der Waals surface area (Å²) in [5, 5.41) is 0. The van der Waals surface area contributed by atoms with Crippen molar-refractivity contribution in [1.82, 2.24) is 9.62 Å². The predicted molar refractivity (Wildman–Crippen MR) is 144 cm³/mol. The van der Waals surface area contributed by atoms with Gasteiger partial charge in [0.1, 0.15) is 0 Å². The molecule has 4 rings (SSSR count). The SMILES string of the molecule is CC.CCc1ccc(SNC(=O)CN2CCc3cc(OC)c(OC)cc3C2c2ccccc2)cc1. The molecule has 5 nitrogen and oxygen atoms in total. The summed E-state index contributed by atoms with van der Waals surface area (Å²) in [7, 11) is 3.31. The van der Waals surface area contributed by atoms with Crippen molar-refractivity contribution in [3.8, 4) is 11.5 Å². The van der Waals surface area contributed by atoms with E-state index in [4.69, 9.17) is 9.47 Å². The first-order valence-electron chi connectivity index (χ1n) is 12.2. The molecule has 186 valence electrons. The van der Waals surface area contributed by atoms with Crippen molar-refractivity contribution in [2.45, 2.75) is 44.6 Å². The van der Waals surface area contributed by atoms with Crippen LogP contribution >= 0.6 is 11.9 Å². The van der Waals surface area contributed by atoms with E-state index in [0.717, 1.165) is 41.2 Å². The number of hydrogen-bond donors (Lipinski definition) is 1. The smallest absolute Gasteiger partial charge is 0.244 e. The van der Waals surface area contributed by atoms with Crippen molar-refractivity contribution in [1.29, 1.82) is 0 Å². The summed E-state index contributed by atoms with van der Waals surface area (Å²) in [6.45, 7) is 7.23. The standard InChI is InChI=1S/C27H30N2O3S.C2H6/c1-4-19-10-12-22(13-11-19)33-28-26(30)18-29-15-14-21-16-24(31-2)25(32-3)17-23(21)27(29)20-8-6-5-7-9-20;1-2/h5-13,16-17,27H,4,14-15,18H2,1-3H3,(H,28,30);1-2H3. The van der Waals surface area contributed by atoms with Crippen molar-refractivity contribution in [3.05, 3.63) is 89.0 Å². The van der Waals surface area contributed by atoms with Crippen LogP contribution in [-0.4, -0.2) is 38.1 Å². The van der Waals surface area contributed by atoms with E-state index < -0.39 is 0 Å². The van der Waals surface area contributed by atoms with E-state index in [-0.39, 0.29) is 11.9 Å². The van der Waals surface area contributed by atoms with E-state index in [2.05, 4.69) is 52.9 Å². The third-order valence-corrected chi connectivity index (χ3v) is 6.89. The highest BCUT2D eigenvalue weighted by molar-refractivity contribution is 7.98. The molecule has 1 unspecified atom stereocenters. The zero-order valence-corrected chi connectivity index (χ0v) is 22.2. The average molecular weight is 493 g/mol. The quantitative estimate of drug-likeness (QED) is 0.387. The van der Waals surface area contributed by atoms with Crippen LogP contribution < -0.4 is 14.2 Å². The molecule has 3 aromatic carbocycles. The fourth-order valence-electron chi connectivity index (χ4n) is 4.32. The fourth-order valence-corrected chi connectivity index (χ4v) is 4.89. The summed E-state index contributed by atoms with van der Waals surface area (Å²) < 4.78 is 14.1. The molecule has 35 heavy (non-hydrogen) atoms. The zero-order chi connectivity index (χ0) is 25.2. The minimum absolute atomic E-state index is 0.00979. The predicted octanol–water partition coefficient (Wildman–Crippen LogP) is 6.06. The number of hydrogen-bond acceptors (Lipinski definition) is 5. The molecule has 0 saturated heterocycles. The van der Waals surface area contributed by atoms with Crippen LogP contribution in [-0.2, 0) is 17.6 Å². The van der Waals surface area contributed by atoms with Crippen molar-refractivity contribution in [2.75, 3.05) is 27.3 Å². The Labute approximate surface area is 214 Å². The van der Waals surface area contributed by atoms with Gasteiger partial charge in [-0.15, -0.1) is 0 Å². The van der Waals surface area contributed by atoms with Gasteiger partial charge in [0.05, 0.1) is 26.8 Å². The number of carbonyl (C=O) groups is 1. The van der Waals surface area contributed by atoms with E-state index in [1.165, 1.54) is 23.1 Å². The molecule has 1 aliphatic heterocycles. The first-order valence-corrected chi connectivity index (χ1v) is 13.0. The summed E-state index contributed by atoms with van der Waals surface area (Å²) >= 11 is 1.37. The molecular formula is C29H36N2O3S. The number of methoxy groups -OCH3 is 2. The Bertz CT molecular complexity index is 1090.